The van der Waals surface area contributed by atoms with Gasteiger partial charge in [-0.15, -0.1) is 0 Å². The second kappa shape index (κ2) is 9.43. The van der Waals surface area contributed by atoms with E-state index in [9.17, 15) is 0 Å². The molecule has 0 unspecified atom stereocenters. The summed E-state index contributed by atoms with van der Waals surface area (Å²) in [6.07, 6.45) is 1.99. The van der Waals surface area contributed by atoms with Gasteiger partial charge in [0, 0.05) is 16.7 Å². The third-order valence-corrected chi connectivity index (χ3v) is 3.69. The molecule has 2 rings (SSSR count). The SMILES string of the molecule is S=C(NCCCCOc1ccccc1)Nc1cccc(Br)c1. The summed E-state index contributed by atoms with van der Waals surface area (Å²) in [6.45, 7) is 1.55. The quantitative estimate of drug-likeness (QED) is 0.544. The lowest BCUT2D eigenvalue weighted by Gasteiger charge is -2.11. The van der Waals surface area contributed by atoms with Crippen LogP contribution in [-0.4, -0.2) is 18.3 Å². The molecule has 22 heavy (non-hydrogen) atoms. The van der Waals surface area contributed by atoms with Gasteiger partial charge in [-0.1, -0.05) is 40.2 Å². The molecule has 3 nitrogen and oxygen atoms in total. The van der Waals surface area contributed by atoms with Crippen molar-refractivity contribution in [3.63, 3.8) is 0 Å². The number of hydrogen-bond acceptors (Lipinski definition) is 2. The topological polar surface area (TPSA) is 33.3 Å². The van der Waals surface area contributed by atoms with Crippen LogP contribution in [0.2, 0.25) is 0 Å². The Hall–Kier alpha value is -1.59. The molecule has 0 fully saturated rings. The van der Waals surface area contributed by atoms with Gasteiger partial charge in [-0.25, -0.2) is 0 Å². The molecule has 0 amide bonds. The number of para-hydroxylation sites is 1. The normalized spacial score (nSPS) is 10.0. The van der Waals surface area contributed by atoms with Crippen molar-refractivity contribution in [2.75, 3.05) is 18.5 Å². The average Bonchev–Trinajstić information content (AvgIpc) is 2.52. The zero-order valence-electron chi connectivity index (χ0n) is 12.2. The first-order chi connectivity index (χ1) is 10.7. The highest BCUT2D eigenvalue weighted by Gasteiger charge is 1.98. The first kappa shape index (κ1) is 16.8. The maximum Gasteiger partial charge on any atom is 0.170 e. The molecule has 5 heteroatoms. The Bertz CT molecular complexity index is 592. The zero-order chi connectivity index (χ0) is 15.6. The van der Waals surface area contributed by atoms with Crippen LogP contribution in [0.3, 0.4) is 0 Å². The van der Waals surface area contributed by atoms with Crippen LogP contribution in [0.15, 0.2) is 59.1 Å². The highest BCUT2D eigenvalue weighted by Crippen LogP contribution is 2.15. The number of benzene rings is 2. The van der Waals surface area contributed by atoms with E-state index >= 15 is 0 Å². The van der Waals surface area contributed by atoms with Gasteiger partial charge in [-0.3, -0.25) is 0 Å². The van der Waals surface area contributed by atoms with E-state index in [-0.39, 0.29) is 0 Å². The summed E-state index contributed by atoms with van der Waals surface area (Å²) < 4.78 is 6.67. The smallest absolute Gasteiger partial charge is 0.170 e. The Kier molecular flexibility index (Phi) is 7.19. The van der Waals surface area contributed by atoms with E-state index in [1.54, 1.807) is 0 Å². The molecule has 2 N–H and O–H groups in total. The molecule has 0 atom stereocenters. The second-order valence-electron chi connectivity index (χ2n) is 4.76. The summed E-state index contributed by atoms with van der Waals surface area (Å²) in [5.74, 6) is 0.919. The summed E-state index contributed by atoms with van der Waals surface area (Å²) in [4.78, 5) is 0. The summed E-state index contributed by atoms with van der Waals surface area (Å²) in [7, 11) is 0. The third-order valence-electron chi connectivity index (χ3n) is 2.95. The van der Waals surface area contributed by atoms with Crippen molar-refractivity contribution in [1.29, 1.82) is 0 Å². The Labute approximate surface area is 145 Å². The standard InChI is InChI=1S/C17H19BrN2OS/c18-14-7-6-8-15(13-14)20-17(22)19-11-4-5-12-21-16-9-2-1-3-10-16/h1-3,6-10,13H,4-5,11-12H2,(H2,19,20,22). The van der Waals surface area contributed by atoms with Crippen molar-refractivity contribution in [2.24, 2.45) is 0 Å². The van der Waals surface area contributed by atoms with Crippen LogP contribution < -0.4 is 15.4 Å². The minimum Gasteiger partial charge on any atom is -0.494 e. The molecule has 0 saturated heterocycles. The molecule has 0 saturated carbocycles. The minimum atomic E-state index is 0.641. The van der Waals surface area contributed by atoms with E-state index in [1.807, 2.05) is 54.6 Å². The predicted octanol–water partition coefficient (Wildman–Crippen LogP) is 4.59. The molecule has 2 aromatic rings. The minimum absolute atomic E-state index is 0.641. The van der Waals surface area contributed by atoms with Gasteiger partial charge in [0.2, 0.25) is 0 Å². The van der Waals surface area contributed by atoms with Gasteiger partial charge < -0.3 is 15.4 Å². The molecule has 0 heterocycles. The second-order valence-corrected chi connectivity index (χ2v) is 6.08. The van der Waals surface area contributed by atoms with Gasteiger partial charge in [0.25, 0.3) is 0 Å². The van der Waals surface area contributed by atoms with E-state index in [0.717, 1.165) is 41.9 Å². The number of halogens is 1. The summed E-state index contributed by atoms with van der Waals surface area (Å²) in [6, 6.07) is 17.8. The highest BCUT2D eigenvalue weighted by molar-refractivity contribution is 9.10. The van der Waals surface area contributed by atoms with Crippen molar-refractivity contribution in [2.45, 2.75) is 12.8 Å². The molecule has 0 aromatic heterocycles. The number of anilines is 1. The van der Waals surface area contributed by atoms with Crippen LogP contribution in [-0.2, 0) is 0 Å². The predicted molar refractivity (Wildman–Crippen MR) is 99.5 cm³/mol. The van der Waals surface area contributed by atoms with Gasteiger partial charge in [-0.2, -0.15) is 0 Å². The van der Waals surface area contributed by atoms with Crippen molar-refractivity contribution >= 4 is 38.9 Å². The van der Waals surface area contributed by atoms with E-state index in [1.165, 1.54) is 0 Å². The number of ether oxygens (including phenoxy) is 1. The number of nitrogens with one attached hydrogen (secondary N) is 2. The zero-order valence-corrected chi connectivity index (χ0v) is 14.6. The average molecular weight is 379 g/mol. The monoisotopic (exact) mass is 378 g/mol. The van der Waals surface area contributed by atoms with Gasteiger partial charge >= 0.3 is 0 Å². The van der Waals surface area contributed by atoms with Crippen molar-refractivity contribution in [1.82, 2.24) is 5.32 Å². The highest BCUT2D eigenvalue weighted by atomic mass is 79.9. The number of hydrogen-bond donors (Lipinski definition) is 2. The van der Waals surface area contributed by atoms with Gasteiger partial charge in [-0.05, 0) is 55.4 Å². The molecule has 0 spiro atoms. The molecule has 0 bridgehead atoms. The van der Waals surface area contributed by atoms with Crippen LogP contribution in [0.5, 0.6) is 5.75 Å². The summed E-state index contributed by atoms with van der Waals surface area (Å²) in [5.41, 5.74) is 0.972. The summed E-state index contributed by atoms with van der Waals surface area (Å²) >= 11 is 8.70. The van der Waals surface area contributed by atoms with Crippen molar-refractivity contribution in [3.8, 4) is 5.75 Å². The lowest BCUT2D eigenvalue weighted by atomic mass is 10.3. The molecule has 0 radical (unpaired) electrons. The Morgan fingerprint density at radius 1 is 1.05 bits per heavy atom. The van der Waals surface area contributed by atoms with Gasteiger partial charge in [0.15, 0.2) is 5.11 Å². The first-order valence-corrected chi connectivity index (χ1v) is 8.42. The molecule has 116 valence electrons. The Morgan fingerprint density at radius 3 is 2.64 bits per heavy atom. The first-order valence-electron chi connectivity index (χ1n) is 7.22. The number of rotatable bonds is 7. The third kappa shape index (κ3) is 6.45. The van der Waals surface area contributed by atoms with E-state index in [0.29, 0.717) is 5.11 Å². The molecule has 2 aromatic carbocycles. The Balaban J connectivity index is 1.56. The van der Waals surface area contributed by atoms with Gasteiger partial charge in [0.05, 0.1) is 6.61 Å². The van der Waals surface area contributed by atoms with Crippen molar-refractivity contribution in [3.05, 3.63) is 59.1 Å². The fourth-order valence-corrected chi connectivity index (χ4v) is 2.50. The molecular weight excluding hydrogens is 360 g/mol. The molecule has 0 aliphatic rings. The molecule has 0 aliphatic heterocycles. The lowest BCUT2D eigenvalue weighted by Crippen LogP contribution is -2.29. The number of unbranched alkanes of at least 4 members (excludes halogenated alkanes) is 1. The fourth-order valence-electron chi connectivity index (χ4n) is 1.88. The largest absolute Gasteiger partial charge is 0.494 e. The lowest BCUT2D eigenvalue weighted by molar-refractivity contribution is 0.307. The summed E-state index contributed by atoms with van der Waals surface area (Å²) in [5, 5.41) is 7.00. The van der Waals surface area contributed by atoms with E-state index in [2.05, 4.69) is 26.6 Å². The van der Waals surface area contributed by atoms with Gasteiger partial charge in [0.1, 0.15) is 5.75 Å². The maximum absolute atomic E-state index is 5.64. The van der Waals surface area contributed by atoms with E-state index in [4.69, 9.17) is 17.0 Å². The van der Waals surface area contributed by atoms with Crippen molar-refractivity contribution < 1.29 is 4.74 Å². The maximum atomic E-state index is 5.64. The Morgan fingerprint density at radius 2 is 1.86 bits per heavy atom. The van der Waals surface area contributed by atoms with Crippen LogP contribution in [0.1, 0.15) is 12.8 Å². The van der Waals surface area contributed by atoms with Crippen LogP contribution >= 0.6 is 28.1 Å². The van der Waals surface area contributed by atoms with E-state index < -0.39 is 0 Å². The fraction of sp³-hybridized carbons (Fsp3) is 0.235. The van der Waals surface area contributed by atoms with Crippen LogP contribution in [0.25, 0.3) is 0 Å². The van der Waals surface area contributed by atoms with Crippen LogP contribution in [0, 0.1) is 0 Å². The van der Waals surface area contributed by atoms with Crippen LogP contribution in [0.4, 0.5) is 5.69 Å². The molecular formula is C17H19BrN2OS. The number of thiocarbonyl (C=S) groups is 1. The molecule has 0 aliphatic carbocycles.